The SMILES string of the molecule is OC[C@H]1O[C@@H](Cc2ccccc2)[C@H](O)[C@@H](O)[C@@H]1OCc1ccccc1. The van der Waals surface area contributed by atoms with Crippen LogP contribution in [0.25, 0.3) is 0 Å². The van der Waals surface area contributed by atoms with Crippen LogP contribution in [0.1, 0.15) is 11.1 Å². The van der Waals surface area contributed by atoms with Crippen molar-refractivity contribution in [2.45, 2.75) is 43.5 Å². The van der Waals surface area contributed by atoms with E-state index in [9.17, 15) is 15.3 Å². The molecule has 1 fully saturated rings. The van der Waals surface area contributed by atoms with E-state index in [1.807, 2.05) is 60.7 Å². The molecule has 0 spiro atoms. The second kappa shape index (κ2) is 8.56. The van der Waals surface area contributed by atoms with Gasteiger partial charge < -0.3 is 24.8 Å². The average molecular weight is 344 g/mol. The Morgan fingerprint density at radius 1 is 0.800 bits per heavy atom. The van der Waals surface area contributed by atoms with E-state index < -0.39 is 30.5 Å². The van der Waals surface area contributed by atoms with Crippen molar-refractivity contribution < 1.29 is 24.8 Å². The highest BCUT2D eigenvalue weighted by Crippen LogP contribution is 2.26. The van der Waals surface area contributed by atoms with Gasteiger partial charge in [-0.25, -0.2) is 0 Å². The third-order valence-electron chi connectivity index (χ3n) is 4.53. The summed E-state index contributed by atoms with van der Waals surface area (Å²) in [5.74, 6) is 0. The second-order valence-corrected chi connectivity index (χ2v) is 6.33. The van der Waals surface area contributed by atoms with Crippen LogP contribution in [0.2, 0.25) is 0 Å². The molecule has 134 valence electrons. The lowest BCUT2D eigenvalue weighted by Crippen LogP contribution is -2.59. The molecule has 5 heteroatoms. The molecule has 1 heterocycles. The van der Waals surface area contributed by atoms with Gasteiger partial charge in [-0.3, -0.25) is 0 Å². The van der Waals surface area contributed by atoms with E-state index in [0.29, 0.717) is 6.42 Å². The number of hydrogen-bond acceptors (Lipinski definition) is 5. The van der Waals surface area contributed by atoms with Crippen LogP contribution in [0, 0.1) is 0 Å². The Kier molecular flexibility index (Phi) is 6.18. The molecule has 25 heavy (non-hydrogen) atoms. The van der Waals surface area contributed by atoms with Crippen LogP contribution in [0.15, 0.2) is 60.7 Å². The van der Waals surface area contributed by atoms with Crippen molar-refractivity contribution in [2.75, 3.05) is 6.61 Å². The van der Waals surface area contributed by atoms with Gasteiger partial charge in [0.05, 0.1) is 19.3 Å². The smallest absolute Gasteiger partial charge is 0.115 e. The van der Waals surface area contributed by atoms with E-state index in [-0.39, 0.29) is 13.2 Å². The summed E-state index contributed by atoms with van der Waals surface area (Å²) in [5.41, 5.74) is 1.95. The molecule has 0 unspecified atom stereocenters. The van der Waals surface area contributed by atoms with Crippen molar-refractivity contribution >= 4 is 0 Å². The molecule has 0 bridgehead atoms. The third-order valence-corrected chi connectivity index (χ3v) is 4.53. The molecule has 1 saturated heterocycles. The van der Waals surface area contributed by atoms with Gasteiger partial charge in [-0.2, -0.15) is 0 Å². The number of ether oxygens (including phenoxy) is 2. The molecule has 0 radical (unpaired) electrons. The fraction of sp³-hybridized carbons (Fsp3) is 0.400. The summed E-state index contributed by atoms with van der Waals surface area (Å²) in [6.07, 6.45) is -3.80. The number of aliphatic hydroxyl groups excluding tert-OH is 3. The zero-order valence-corrected chi connectivity index (χ0v) is 13.9. The van der Waals surface area contributed by atoms with Crippen LogP contribution in [-0.4, -0.2) is 52.4 Å². The minimum Gasteiger partial charge on any atom is -0.394 e. The first-order valence-corrected chi connectivity index (χ1v) is 8.51. The van der Waals surface area contributed by atoms with E-state index in [1.54, 1.807) is 0 Å². The van der Waals surface area contributed by atoms with Crippen LogP contribution < -0.4 is 0 Å². The van der Waals surface area contributed by atoms with Gasteiger partial charge >= 0.3 is 0 Å². The Balaban J connectivity index is 1.65. The summed E-state index contributed by atoms with van der Waals surface area (Å²) in [6.45, 7) is -0.00692. The van der Waals surface area contributed by atoms with E-state index in [0.717, 1.165) is 11.1 Å². The van der Waals surface area contributed by atoms with Gasteiger partial charge in [-0.15, -0.1) is 0 Å². The second-order valence-electron chi connectivity index (χ2n) is 6.33. The fourth-order valence-corrected chi connectivity index (χ4v) is 3.15. The first-order chi connectivity index (χ1) is 12.2. The fourth-order valence-electron chi connectivity index (χ4n) is 3.15. The summed E-state index contributed by atoms with van der Waals surface area (Å²) >= 11 is 0. The topological polar surface area (TPSA) is 79.2 Å². The van der Waals surface area contributed by atoms with E-state index >= 15 is 0 Å². The van der Waals surface area contributed by atoms with Gasteiger partial charge in [0.1, 0.15) is 24.4 Å². The van der Waals surface area contributed by atoms with Crippen LogP contribution in [-0.2, 0) is 22.5 Å². The molecule has 5 nitrogen and oxygen atoms in total. The summed E-state index contributed by atoms with van der Waals surface area (Å²) in [6, 6.07) is 19.2. The van der Waals surface area contributed by atoms with E-state index in [1.165, 1.54) is 0 Å². The van der Waals surface area contributed by atoms with Gasteiger partial charge in [0, 0.05) is 6.42 Å². The molecule has 0 saturated carbocycles. The molecular formula is C20H24O5. The number of hydrogen-bond donors (Lipinski definition) is 3. The minimum atomic E-state index is -1.12. The molecule has 3 rings (SSSR count). The normalized spacial score (nSPS) is 29.5. The van der Waals surface area contributed by atoms with Gasteiger partial charge in [0.2, 0.25) is 0 Å². The van der Waals surface area contributed by atoms with Crippen LogP contribution >= 0.6 is 0 Å². The zero-order valence-electron chi connectivity index (χ0n) is 13.9. The molecule has 2 aromatic carbocycles. The Morgan fingerprint density at radius 3 is 2.00 bits per heavy atom. The largest absolute Gasteiger partial charge is 0.394 e. The Labute approximate surface area is 147 Å². The Bertz CT molecular complexity index is 631. The maximum atomic E-state index is 10.5. The van der Waals surface area contributed by atoms with Crippen molar-refractivity contribution in [2.24, 2.45) is 0 Å². The number of aliphatic hydroxyl groups is 3. The number of benzene rings is 2. The maximum Gasteiger partial charge on any atom is 0.115 e. The van der Waals surface area contributed by atoms with Crippen LogP contribution in [0.4, 0.5) is 0 Å². The highest BCUT2D eigenvalue weighted by atomic mass is 16.6. The lowest BCUT2D eigenvalue weighted by atomic mass is 9.91. The Morgan fingerprint density at radius 2 is 1.40 bits per heavy atom. The van der Waals surface area contributed by atoms with Crippen molar-refractivity contribution in [3.8, 4) is 0 Å². The molecule has 5 atom stereocenters. The minimum absolute atomic E-state index is 0.276. The standard InChI is InChI=1S/C20H24O5/c21-12-17-20(24-13-15-9-5-2-6-10-15)19(23)18(22)16(25-17)11-14-7-3-1-4-8-14/h1-10,16-23H,11-13H2/t16-,17+,18-,19+,20+/m0/s1. The summed E-state index contributed by atoms with van der Waals surface area (Å²) in [7, 11) is 0. The van der Waals surface area contributed by atoms with Gasteiger partial charge in [0.15, 0.2) is 0 Å². The molecule has 1 aliphatic rings. The van der Waals surface area contributed by atoms with Crippen molar-refractivity contribution in [1.82, 2.24) is 0 Å². The zero-order chi connectivity index (χ0) is 17.6. The van der Waals surface area contributed by atoms with Crippen molar-refractivity contribution in [1.29, 1.82) is 0 Å². The molecule has 0 aliphatic carbocycles. The van der Waals surface area contributed by atoms with Gasteiger partial charge in [-0.1, -0.05) is 60.7 Å². The van der Waals surface area contributed by atoms with Crippen molar-refractivity contribution in [3.63, 3.8) is 0 Å². The lowest BCUT2D eigenvalue weighted by Gasteiger charge is -2.42. The quantitative estimate of drug-likeness (QED) is 0.736. The van der Waals surface area contributed by atoms with Crippen molar-refractivity contribution in [3.05, 3.63) is 71.8 Å². The highest BCUT2D eigenvalue weighted by molar-refractivity contribution is 5.17. The average Bonchev–Trinajstić information content (AvgIpc) is 2.66. The summed E-state index contributed by atoms with van der Waals surface area (Å²) in [5, 5.41) is 30.6. The predicted octanol–water partition coefficient (Wildman–Crippen LogP) is 1.30. The first-order valence-electron chi connectivity index (χ1n) is 8.51. The molecule has 3 N–H and O–H groups in total. The maximum absolute atomic E-state index is 10.5. The van der Waals surface area contributed by atoms with Crippen LogP contribution in [0.3, 0.4) is 0 Å². The van der Waals surface area contributed by atoms with E-state index in [2.05, 4.69) is 0 Å². The summed E-state index contributed by atoms with van der Waals surface area (Å²) < 4.78 is 11.6. The summed E-state index contributed by atoms with van der Waals surface area (Å²) in [4.78, 5) is 0. The Hall–Kier alpha value is -1.76. The number of rotatable bonds is 6. The lowest BCUT2D eigenvalue weighted by molar-refractivity contribution is -0.243. The van der Waals surface area contributed by atoms with E-state index in [4.69, 9.17) is 9.47 Å². The highest BCUT2D eigenvalue weighted by Gasteiger charge is 2.44. The predicted molar refractivity (Wildman–Crippen MR) is 92.9 cm³/mol. The third kappa shape index (κ3) is 4.45. The molecular weight excluding hydrogens is 320 g/mol. The monoisotopic (exact) mass is 344 g/mol. The first kappa shape index (κ1) is 18.0. The van der Waals surface area contributed by atoms with Gasteiger partial charge in [-0.05, 0) is 11.1 Å². The molecule has 2 aromatic rings. The van der Waals surface area contributed by atoms with Crippen LogP contribution in [0.5, 0.6) is 0 Å². The molecule has 1 aliphatic heterocycles. The molecule has 0 amide bonds. The van der Waals surface area contributed by atoms with Gasteiger partial charge in [0.25, 0.3) is 0 Å². The molecule has 0 aromatic heterocycles.